The highest BCUT2D eigenvalue weighted by atomic mass is 31.2. The highest BCUT2D eigenvalue weighted by Gasteiger charge is 2.30. The third-order valence-corrected chi connectivity index (χ3v) is 22.5. The van der Waals surface area contributed by atoms with E-state index in [9.17, 15) is 43.2 Å². The molecule has 0 aliphatic rings. The number of unbranched alkanes of at least 4 members (excludes halogenated alkanes) is 49. The molecule has 19 heteroatoms. The van der Waals surface area contributed by atoms with Crippen LogP contribution in [-0.4, -0.2) is 96.7 Å². The molecule has 618 valence electrons. The topological polar surface area (TPSA) is 237 Å². The van der Waals surface area contributed by atoms with Crippen LogP contribution in [0.4, 0.5) is 0 Å². The molecule has 0 aromatic rings. The van der Waals surface area contributed by atoms with Gasteiger partial charge in [0.1, 0.15) is 19.3 Å². The summed E-state index contributed by atoms with van der Waals surface area (Å²) in [4.78, 5) is 73.2. The second kappa shape index (κ2) is 75.1. The van der Waals surface area contributed by atoms with Crippen LogP contribution in [0.2, 0.25) is 0 Å². The maximum Gasteiger partial charge on any atom is 0.472 e. The van der Waals surface area contributed by atoms with Gasteiger partial charge in [-0.3, -0.25) is 37.3 Å². The number of phosphoric acid groups is 2. The molecule has 0 rings (SSSR count). The van der Waals surface area contributed by atoms with Crippen molar-refractivity contribution < 1.29 is 80.2 Å². The van der Waals surface area contributed by atoms with E-state index in [1.807, 2.05) is 0 Å². The van der Waals surface area contributed by atoms with Crippen molar-refractivity contribution in [1.82, 2.24) is 0 Å². The van der Waals surface area contributed by atoms with E-state index in [1.165, 1.54) is 250 Å². The van der Waals surface area contributed by atoms with Crippen molar-refractivity contribution >= 4 is 39.5 Å². The van der Waals surface area contributed by atoms with E-state index < -0.39 is 97.5 Å². The number of carbonyl (C=O) groups excluding carboxylic acids is 4. The molecular formula is C85H166O17P2. The van der Waals surface area contributed by atoms with E-state index in [-0.39, 0.29) is 25.7 Å². The first kappa shape index (κ1) is 102. The molecule has 0 radical (unpaired) electrons. The van der Waals surface area contributed by atoms with Crippen molar-refractivity contribution in [3.05, 3.63) is 0 Å². The highest BCUT2D eigenvalue weighted by Crippen LogP contribution is 2.45. The van der Waals surface area contributed by atoms with Gasteiger partial charge < -0.3 is 33.8 Å². The minimum absolute atomic E-state index is 0.108. The Hall–Kier alpha value is -1.94. The van der Waals surface area contributed by atoms with Gasteiger partial charge in [0.25, 0.3) is 0 Å². The molecule has 4 unspecified atom stereocenters. The van der Waals surface area contributed by atoms with Crippen LogP contribution in [0.5, 0.6) is 0 Å². The van der Waals surface area contributed by atoms with Gasteiger partial charge in [-0.2, -0.15) is 0 Å². The molecule has 7 atom stereocenters. The van der Waals surface area contributed by atoms with Crippen molar-refractivity contribution in [2.24, 2.45) is 17.8 Å². The first-order chi connectivity index (χ1) is 50.3. The third kappa shape index (κ3) is 75.5. The quantitative estimate of drug-likeness (QED) is 0.0222. The number of esters is 4. The molecule has 0 aliphatic heterocycles. The zero-order valence-electron chi connectivity index (χ0n) is 68.5. The van der Waals surface area contributed by atoms with Gasteiger partial charge in [-0.15, -0.1) is 0 Å². The molecular weight excluding hydrogens is 1350 g/mol. The fraction of sp³-hybridized carbons (Fsp3) is 0.953. The molecule has 0 bridgehead atoms. The minimum Gasteiger partial charge on any atom is -0.462 e. The molecule has 0 saturated heterocycles. The summed E-state index contributed by atoms with van der Waals surface area (Å²) < 4.78 is 68.9. The number of hydrogen-bond acceptors (Lipinski definition) is 15. The normalized spacial score (nSPS) is 14.4. The second-order valence-corrected chi connectivity index (χ2v) is 34.4. The van der Waals surface area contributed by atoms with Crippen LogP contribution in [0.1, 0.15) is 447 Å². The lowest BCUT2D eigenvalue weighted by Crippen LogP contribution is -2.30. The van der Waals surface area contributed by atoms with Crippen molar-refractivity contribution in [1.29, 1.82) is 0 Å². The van der Waals surface area contributed by atoms with Crippen molar-refractivity contribution in [3.8, 4) is 0 Å². The summed E-state index contributed by atoms with van der Waals surface area (Å²) >= 11 is 0. The van der Waals surface area contributed by atoms with Crippen LogP contribution in [0.3, 0.4) is 0 Å². The first-order valence-corrected chi connectivity index (χ1v) is 46.9. The van der Waals surface area contributed by atoms with Crippen LogP contribution in [0.15, 0.2) is 0 Å². The first-order valence-electron chi connectivity index (χ1n) is 43.9. The minimum atomic E-state index is -4.97. The number of hydrogen-bond donors (Lipinski definition) is 3. The molecule has 0 spiro atoms. The van der Waals surface area contributed by atoms with Gasteiger partial charge in [-0.05, 0) is 43.4 Å². The molecule has 0 saturated carbocycles. The lowest BCUT2D eigenvalue weighted by Gasteiger charge is -2.21. The summed E-state index contributed by atoms with van der Waals surface area (Å²) in [6, 6.07) is 0. The van der Waals surface area contributed by atoms with Gasteiger partial charge in [-0.25, -0.2) is 9.13 Å². The van der Waals surface area contributed by atoms with Gasteiger partial charge in [0.15, 0.2) is 12.2 Å². The Balaban J connectivity index is 5.24. The summed E-state index contributed by atoms with van der Waals surface area (Å²) in [6.07, 6.45) is 65.2. The maximum absolute atomic E-state index is 13.1. The lowest BCUT2D eigenvalue weighted by molar-refractivity contribution is -0.161. The fourth-order valence-corrected chi connectivity index (χ4v) is 14.7. The van der Waals surface area contributed by atoms with E-state index >= 15 is 0 Å². The summed E-state index contributed by atoms with van der Waals surface area (Å²) in [5.74, 6) is 0.295. The molecule has 104 heavy (non-hydrogen) atoms. The van der Waals surface area contributed by atoms with Crippen LogP contribution >= 0.6 is 15.6 Å². The number of rotatable bonds is 83. The van der Waals surface area contributed by atoms with E-state index in [1.54, 1.807) is 0 Å². The zero-order valence-corrected chi connectivity index (χ0v) is 70.3. The smallest absolute Gasteiger partial charge is 0.462 e. The zero-order chi connectivity index (χ0) is 76.5. The average molecular weight is 1520 g/mol. The molecule has 0 fully saturated rings. The second-order valence-electron chi connectivity index (χ2n) is 31.5. The maximum atomic E-state index is 13.1. The Morgan fingerprint density at radius 3 is 0.731 bits per heavy atom. The Labute approximate surface area is 638 Å². The largest absolute Gasteiger partial charge is 0.472 e. The number of aliphatic hydroxyl groups excluding tert-OH is 1. The Bertz CT molecular complexity index is 2010. The van der Waals surface area contributed by atoms with Gasteiger partial charge in [0.2, 0.25) is 0 Å². The number of carbonyl (C=O) groups is 4. The van der Waals surface area contributed by atoms with Crippen molar-refractivity contribution in [3.63, 3.8) is 0 Å². The monoisotopic (exact) mass is 1520 g/mol. The van der Waals surface area contributed by atoms with E-state index in [0.717, 1.165) is 108 Å². The lowest BCUT2D eigenvalue weighted by atomic mass is 9.99. The van der Waals surface area contributed by atoms with Crippen molar-refractivity contribution in [2.75, 3.05) is 39.6 Å². The summed E-state index contributed by atoms with van der Waals surface area (Å²) in [6.45, 7) is 12.0. The number of aliphatic hydroxyl groups is 1. The molecule has 0 aliphatic carbocycles. The molecule has 3 N–H and O–H groups in total. The summed E-state index contributed by atoms with van der Waals surface area (Å²) in [7, 11) is -9.93. The Morgan fingerprint density at radius 1 is 0.279 bits per heavy atom. The SMILES string of the molecule is CCCCCCCCCCCCCCCCCCCCC(=O)O[C@H](COC(=O)CCCCCCCCCC(C)C)COP(=O)(O)OC[C@H](O)COP(=O)(O)OC[C@@H](COC(=O)CCCCCCCCCCCCCCCCC(C)CC)OC(=O)CCCCCCCCCCCCCCCCC(C)CC. The van der Waals surface area contributed by atoms with Gasteiger partial charge in [0, 0.05) is 25.7 Å². The van der Waals surface area contributed by atoms with Crippen LogP contribution < -0.4 is 0 Å². The number of ether oxygens (including phenoxy) is 4. The Morgan fingerprint density at radius 2 is 0.490 bits per heavy atom. The molecule has 17 nitrogen and oxygen atoms in total. The van der Waals surface area contributed by atoms with E-state index in [4.69, 9.17) is 37.0 Å². The van der Waals surface area contributed by atoms with E-state index in [2.05, 4.69) is 48.5 Å². The average Bonchev–Trinajstić information content (AvgIpc) is 1.10. The van der Waals surface area contributed by atoms with Crippen LogP contribution in [-0.2, 0) is 65.4 Å². The van der Waals surface area contributed by atoms with Crippen molar-refractivity contribution in [2.45, 2.75) is 465 Å². The van der Waals surface area contributed by atoms with E-state index in [0.29, 0.717) is 31.6 Å². The number of phosphoric ester groups is 2. The molecule has 0 aromatic carbocycles. The van der Waals surface area contributed by atoms with Gasteiger partial charge >= 0.3 is 39.5 Å². The third-order valence-electron chi connectivity index (χ3n) is 20.6. The molecule has 0 aromatic heterocycles. The standard InChI is InChI=1S/C85H166O17P2/c1-8-11-12-13-14-15-16-17-18-19-20-21-29-34-39-46-54-61-68-85(90)102-81(73-96-83(88)67-60-53-48-41-42-49-56-63-76(4)5)75-100-104(93,94)98-71-79(86)70-97-103(91,92)99-74-80(101-84(89)69-62-55-47-40-35-30-25-23-27-32-37-44-51-58-65-78(7)10-3)72-95-82(87)66-59-52-45-38-33-28-24-22-26-31-36-43-50-57-64-77(6)9-2/h76-81,86H,8-75H2,1-7H3,(H,91,92)(H,93,94)/t77?,78?,79-,80-,81-/m1/s1. The summed E-state index contributed by atoms with van der Waals surface area (Å²) in [5.41, 5.74) is 0. The van der Waals surface area contributed by atoms with Gasteiger partial charge in [0.05, 0.1) is 26.4 Å². The highest BCUT2D eigenvalue weighted by molar-refractivity contribution is 7.47. The van der Waals surface area contributed by atoms with Crippen LogP contribution in [0.25, 0.3) is 0 Å². The molecule has 0 amide bonds. The summed E-state index contributed by atoms with van der Waals surface area (Å²) in [5, 5.41) is 10.7. The Kier molecular flexibility index (Phi) is 73.7. The fourth-order valence-electron chi connectivity index (χ4n) is 13.1. The molecule has 0 heterocycles. The predicted molar refractivity (Wildman–Crippen MR) is 428 cm³/mol. The van der Waals surface area contributed by atoms with Crippen LogP contribution in [0, 0.1) is 17.8 Å². The van der Waals surface area contributed by atoms with Gasteiger partial charge in [-0.1, -0.05) is 395 Å². The predicted octanol–water partition coefficient (Wildman–Crippen LogP) is 25.7.